The van der Waals surface area contributed by atoms with Crippen LogP contribution in [0.25, 0.3) is 5.57 Å². The summed E-state index contributed by atoms with van der Waals surface area (Å²) < 4.78 is 113. The van der Waals surface area contributed by atoms with Crippen LogP contribution >= 0.6 is 6.89 Å². The van der Waals surface area contributed by atoms with Crippen LogP contribution < -0.4 is 15.9 Å². The molecule has 0 aliphatic carbocycles. The molecule has 0 radical (unpaired) electrons. The minimum Gasteiger partial charge on any atom is -0.481 e. The van der Waals surface area contributed by atoms with E-state index in [0.717, 1.165) is 29.1 Å². The Kier molecular flexibility index (Phi) is 28.8. The van der Waals surface area contributed by atoms with Crippen molar-refractivity contribution in [2.45, 2.75) is 50.4 Å². The van der Waals surface area contributed by atoms with Gasteiger partial charge in [0.05, 0.1) is 46.0 Å². The van der Waals surface area contributed by atoms with Crippen molar-refractivity contribution in [2.75, 3.05) is 21.3 Å². The van der Waals surface area contributed by atoms with Gasteiger partial charge < -0.3 is 19.3 Å². The first-order chi connectivity index (χ1) is 37.9. The number of Topliss-reactive ketones (excluding diaryl/α,β-unsaturated/α-hetero) is 1. The number of hydrogen-bond acceptors (Lipinski definition) is 8. The van der Waals surface area contributed by atoms with E-state index in [0.29, 0.717) is 16.7 Å². The van der Waals surface area contributed by atoms with Crippen molar-refractivity contribution in [3.05, 3.63) is 241 Å². The number of ketones is 1. The minimum absolute atomic E-state index is 0.0579. The van der Waals surface area contributed by atoms with Crippen LogP contribution in [-0.2, 0) is 33.4 Å². The maximum absolute atomic E-state index is 12.7. The molecule has 0 aliphatic rings. The Morgan fingerprint density at radius 2 is 0.759 bits per heavy atom. The first-order valence-corrected chi connectivity index (χ1v) is 25.7. The molecule has 2 unspecified atom stereocenters. The van der Waals surface area contributed by atoms with E-state index in [1.165, 1.54) is 50.6 Å². The van der Waals surface area contributed by atoms with Gasteiger partial charge in [-0.25, -0.2) is 44.7 Å². The number of carbonyl (C=O) groups excluding carboxylic acids is 4. The number of ether oxygens (including phenoxy) is 3. The highest BCUT2D eigenvalue weighted by Crippen LogP contribution is 2.43. The fourth-order valence-corrected chi connectivity index (χ4v) is 10.9. The Bertz CT molecular complexity index is 2870. The zero-order valence-electron chi connectivity index (χ0n) is 42.9. The summed E-state index contributed by atoms with van der Waals surface area (Å²) in [5.74, 6) is -4.57. The van der Waals surface area contributed by atoms with Gasteiger partial charge in [-0.3, -0.25) is 14.4 Å². The van der Waals surface area contributed by atoms with E-state index in [1.807, 2.05) is 54.6 Å². The zero-order valence-corrected chi connectivity index (χ0v) is 43.8. The monoisotopic (exact) mass is 1120 g/mol. The summed E-state index contributed by atoms with van der Waals surface area (Å²) in [6.07, 6.45) is -10.8. The molecule has 0 bridgehead atoms. The van der Waals surface area contributed by atoms with Gasteiger partial charge in [0.1, 0.15) is 0 Å². The molecule has 0 fully saturated rings. The fraction of sp³-hybridized carbons (Fsp3) is 0.180. The number of halogens is 8. The Morgan fingerprint density at radius 3 is 1.06 bits per heavy atom. The summed E-state index contributed by atoms with van der Waals surface area (Å²) in [5, 5.41) is 11.9. The highest BCUT2D eigenvalue weighted by atomic mass is 31.2. The van der Waals surface area contributed by atoms with Gasteiger partial charge in [-0.2, -0.15) is 0 Å². The van der Waals surface area contributed by atoms with E-state index in [1.54, 1.807) is 90.7 Å². The summed E-state index contributed by atoms with van der Waals surface area (Å²) in [6.45, 7) is -2.23. The molecular weight excluding hydrogens is 1060 g/mol. The molecule has 7 rings (SSSR count). The molecule has 18 heteroatoms. The van der Waals surface area contributed by atoms with E-state index >= 15 is 0 Å². The van der Waals surface area contributed by atoms with Crippen molar-refractivity contribution < 1.29 is 78.4 Å². The zero-order chi connectivity index (χ0) is 58.2. The van der Waals surface area contributed by atoms with Gasteiger partial charge in [-0.1, -0.05) is 212 Å². The van der Waals surface area contributed by atoms with Crippen molar-refractivity contribution in [1.82, 2.24) is 0 Å². The van der Waals surface area contributed by atoms with Crippen LogP contribution in [-0.4, -0.2) is 87.6 Å². The number of benzene rings is 7. The Balaban J connectivity index is 0.000000267. The topological polar surface area (TPSA) is 133 Å². The molecule has 0 aromatic heterocycles. The Morgan fingerprint density at radius 1 is 0.430 bits per heavy atom. The lowest BCUT2D eigenvalue weighted by atomic mass is 9.96. The normalized spacial score (nSPS) is 11.6. The third kappa shape index (κ3) is 21.8. The van der Waals surface area contributed by atoms with E-state index in [9.17, 15) is 59.1 Å². The molecule has 9 nitrogen and oxygen atoms in total. The van der Waals surface area contributed by atoms with Crippen LogP contribution in [0.5, 0.6) is 0 Å². The number of carboxylic acids is 1. The van der Waals surface area contributed by atoms with Crippen LogP contribution in [0.4, 0.5) is 35.1 Å². The number of rotatable bonds is 17. The van der Waals surface area contributed by atoms with Crippen molar-refractivity contribution in [3.8, 4) is 0 Å². The van der Waals surface area contributed by atoms with Crippen LogP contribution in [0.1, 0.15) is 51.7 Å². The summed E-state index contributed by atoms with van der Waals surface area (Å²) in [4.78, 5) is 55.1. The van der Waals surface area contributed by atoms with Gasteiger partial charge in [-0.05, 0) is 39.5 Å². The van der Waals surface area contributed by atoms with Crippen LogP contribution in [0.2, 0.25) is 0 Å². The van der Waals surface area contributed by atoms with Crippen LogP contribution in [0.3, 0.4) is 0 Å². The van der Waals surface area contributed by atoms with E-state index in [2.05, 4.69) is 45.9 Å². The number of alkyl halides is 8. The minimum atomic E-state index is -2.91. The van der Waals surface area contributed by atoms with Crippen molar-refractivity contribution in [1.29, 1.82) is 0 Å². The maximum atomic E-state index is 12.7. The standard InChI is InChI=1S/C21H19O2P.C11H12F2O2.C11H10F2O2.C10H10F2O2.C8H6F2O/c1-23-21(22)17-24(18-11-5-2-6-12-18,19-13-7-3-8-14-19)20-15-9-4-10-16-20;2*1-15-10(14)7-9(11(12)13)8-5-3-2-4-6-8;11-10(12)8(6-9(13)14)7-4-2-1-3-5-7;9-8(10)7(11)6-4-2-1-3-5-6/h2-17H,1H3;2-6,9,11H,7H2,1H3;2-7,11H,1H3;1-5,8,10H,6H2,(H,13,14);1-5,8H/b;;9-7+;;. The maximum Gasteiger partial charge on any atom is 0.331 e. The molecule has 79 heavy (non-hydrogen) atoms. The van der Waals surface area contributed by atoms with Gasteiger partial charge in [0.25, 0.3) is 6.43 Å². The fourth-order valence-electron chi connectivity index (χ4n) is 7.24. The second-order valence-corrected chi connectivity index (χ2v) is 19.5. The average molecular weight is 1120 g/mol. The Hall–Kier alpha value is -8.43. The lowest BCUT2D eigenvalue weighted by Crippen LogP contribution is -2.28. The number of carbonyl (C=O) groups is 5. The number of esters is 3. The summed E-state index contributed by atoms with van der Waals surface area (Å²) in [5.41, 5.74) is 0.866. The molecule has 0 heterocycles. The summed E-state index contributed by atoms with van der Waals surface area (Å²) in [6, 6.07) is 62.3. The lowest BCUT2D eigenvalue weighted by Gasteiger charge is -2.28. The second-order valence-electron chi connectivity index (χ2n) is 16.3. The third-order valence-electron chi connectivity index (χ3n) is 11.1. The second kappa shape index (κ2) is 35.1. The smallest absolute Gasteiger partial charge is 0.331 e. The lowest BCUT2D eigenvalue weighted by molar-refractivity contribution is -0.142. The molecule has 0 saturated carbocycles. The van der Waals surface area contributed by atoms with Gasteiger partial charge in [0.2, 0.25) is 18.6 Å². The molecule has 0 amide bonds. The Labute approximate surface area is 453 Å². The van der Waals surface area contributed by atoms with E-state index in [-0.39, 0.29) is 23.5 Å². The molecule has 0 aliphatic heterocycles. The van der Waals surface area contributed by atoms with Crippen molar-refractivity contribution >= 4 is 63.8 Å². The van der Waals surface area contributed by atoms with Gasteiger partial charge in [0.15, 0.2) is 0 Å². The van der Waals surface area contributed by atoms with Gasteiger partial charge in [-0.15, -0.1) is 0 Å². The largest absolute Gasteiger partial charge is 0.481 e. The predicted octanol–water partition coefficient (Wildman–Crippen LogP) is 12.7. The summed E-state index contributed by atoms with van der Waals surface area (Å²) in [7, 11) is 3.76. The molecule has 7 aromatic rings. The molecule has 416 valence electrons. The van der Waals surface area contributed by atoms with Crippen molar-refractivity contribution in [2.24, 2.45) is 0 Å². The van der Waals surface area contributed by atoms with E-state index in [4.69, 9.17) is 9.84 Å². The number of carboxylic acid groups (broad SMARTS) is 1. The quantitative estimate of drug-likeness (QED) is 0.0236. The predicted molar refractivity (Wildman–Crippen MR) is 292 cm³/mol. The molecule has 0 saturated heterocycles. The van der Waals surface area contributed by atoms with Gasteiger partial charge in [0, 0.05) is 23.0 Å². The number of aliphatic carboxylic acids is 1. The third-order valence-corrected chi connectivity index (χ3v) is 15.1. The van der Waals surface area contributed by atoms with Crippen LogP contribution in [0.15, 0.2) is 218 Å². The number of hydrogen-bond donors (Lipinski definition) is 1. The first kappa shape index (κ1) is 64.9. The summed E-state index contributed by atoms with van der Waals surface area (Å²) >= 11 is 0. The van der Waals surface area contributed by atoms with Crippen molar-refractivity contribution in [3.63, 3.8) is 0 Å². The SMILES string of the molecule is COC(=O)/C=C(\c1ccccc1)C(F)F.COC(=O)C=P(c1ccccc1)(c1ccccc1)c1ccccc1.COC(=O)CC(c1ccccc1)C(F)F.O=C(O)CC(c1ccccc1)C(F)F.O=C(c1ccccc1)C(F)F. The number of allylic oxidation sites excluding steroid dienone is 1. The highest BCUT2D eigenvalue weighted by Gasteiger charge is 2.28. The molecular formula is C61H57F8O9P. The molecule has 7 aromatic carbocycles. The van der Waals surface area contributed by atoms with E-state index < -0.39 is 74.5 Å². The highest BCUT2D eigenvalue weighted by molar-refractivity contribution is 7.95. The number of methoxy groups -OCH3 is 3. The van der Waals surface area contributed by atoms with Gasteiger partial charge >= 0.3 is 30.3 Å². The molecule has 1 N–H and O–H groups in total. The average Bonchev–Trinajstić information content (AvgIpc) is 3.53. The molecule has 2 atom stereocenters. The molecule has 0 spiro atoms. The first-order valence-electron chi connectivity index (χ1n) is 23.8. The van der Waals surface area contributed by atoms with Crippen LogP contribution in [0, 0.1) is 0 Å².